The maximum Gasteiger partial charge on any atom is 0.148 e. The summed E-state index contributed by atoms with van der Waals surface area (Å²) in [6, 6.07) is 5.18. The predicted octanol–water partition coefficient (Wildman–Crippen LogP) is 2.96. The summed E-state index contributed by atoms with van der Waals surface area (Å²) in [5, 5.41) is 3.25. The van der Waals surface area contributed by atoms with Gasteiger partial charge in [-0.05, 0) is 24.8 Å². The third-order valence-corrected chi connectivity index (χ3v) is 3.01. The van der Waals surface area contributed by atoms with E-state index < -0.39 is 0 Å². The summed E-state index contributed by atoms with van der Waals surface area (Å²) in [5.74, 6) is 0.630. The topological polar surface area (TPSA) is 38.0 Å². The average Bonchev–Trinajstić information content (AvgIpc) is 2.24. The maximum absolute atomic E-state index is 13.1. The van der Waals surface area contributed by atoms with Gasteiger partial charge >= 0.3 is 0 Å². The fourth-order valence-electron chi connectivity index (χ4n) is 1.35. The predicted molar refractivity (Wildman–Crippen MR) is 66.9 cm³/mol. The Balaban J connectivity index is 2.74. The largest absolute Gasteiger partial charge is 0.395 e. The van der Waals surface area contributed by atoms with Gasteiger partial charge in [0, 0.05) is 11.8 Å². The number of hydrogen-bond acceptors (Lipinski definition) is 3. The molecule has 0 bridgehead atoms. The standard InChI is InChI=1S/C11H17FN2S/c1-3-8(7-15-2)14-10-6-4-5-9(12)11(10)13/h4-6,8,14H,3,7,13H2,1-2H3. The Morgan fingerprint density at radius 1 is 1.53 bits per heavy atom. The number of halogens is 1. The van der Waals surface area contributed by atoms with Gasteiger partial charge in [0.2, 0.25) is 0 Å². The monoisotopic (exact) mass is 228 g/mol. The lowest BCUT2D eigenvalue weighted by atomic mass is 10.2. The van der Waals surface area contributed by atoms with E-state index in [0.29, 0.717) is 11.7 Å². The SMILES string of the molecule is CCC(CSC)Nc1cccc(F)c1N. The Hall–Kier alpha value is -0.900. The molecule has 2 nitrogen and oxygen atoms in total. The number of anilines is 2. The van der Waals surface area contributed by atoms with E-state index >= 15 is 0 Å². The Morgan fingerprint density at radius 2 is 2.27 bits per heavy atom. The normalized spacial score (nSPS) is 12.5. The number of nitrogens with two attached hydrogens (primary N) is 1. The van der Waals surface area contributed by atoms with E-state index in [9.17, 15) is 4.39 Å². The van der Waals surface area contributed by atoms with Crippen LogP contribution in [0.25, 0.3) is 0 Å². The smallest absolute Gasteiger partial charge is 0.148 e. The lowest BCUT2D eigenvalue weighted by Gasteiger charge is -2.18. The Labute approximate surface area is 94.4 Å². The lowest BCUT2D eigenvalue weighted by Crippen LogP contribution is -2.21. The molecular weight excluding hydrogens is 211 g/mol. The first-order valence-electron chi connectivity index (χ1n) is 4.98. The summed E-state index contributed by atoms with van der Waals surface area (Å²) >= 11 is 1.77. The Morgan fingerprint density at radius 3 is 2.87 bits per heavy atom. The summed E-state index contributed by atoms with van der Waals surface area (Å²) in [6.45, 7) is 2.10. The summed E-state index contributed by atoms with van der Waals surface area (Å²) in [6.07, 6.45) is 3.05. The highest BCUT2D eigenvalue weighted by Crippen LogP contribution is 2.22. The van der Waals surface area contributed by atoms with E-state index in [2.05, 4.69) is 18.5 Å². The summed E-state index contributed by atoms with van der Waals surface area (Å²) < 4.78 is 13.1. The molecule has 3 N–H and O–H groups in total. The van der Waals surface area contributed by atoms with Crippen molar-refractivity contribution in [1.82, 2.24) is 0 Å². The van der Waals surface area contributed by atoms with Crippen LogP contribution >= 0.6 is 11.8 Å². The molecule has 0 spiro atoms. The van der Waals surface area contributed by atoms with Gasteiger partial charge in [-0.25, -0.2) is 4.39 Å². The highest BCUT2D eigenvalue weighted by atomic mass is 32.2. The van der Waals surface area contributed by atoms with Crippen LogP contribution in [0, 0.1) is 5.82 Å². The Bertz CT molecular complexity index is 317. The molecule has 0 aliphatic heterocycles. The van der Waals surface area contributed by atoms with Crippen molar-refractivity contribution in [1.29, 1.82) is 0 Å². The van der Waals surface area contributed by atoms with Gasteiger partial charge in [-0.2, -0.15) is 11.8 Å². The number of nitrogen functional groups attached to an aromatic ring is 1. The lowest BCUT2D eigenvalue weighted by molar-refractivity contribution is 0.632. The van der Waals surface area contributed by atoms with Crippen LogP contribution in [0.4, 0.5) is 15.8 Å². The van der Waals surface area contributed by atoms with Crippen LogP contribution in [-0.2, 0) is 0 Å². The molecule has 0 aromatic heterocycles. The maximum atomic E-state index is 13.1. The average molecular weight is 228 g/mol. The van der Waals surface area contributed by atoms with Crippen LogP contribution in [0.5, 0.6) is 0 Å². The zero-order valence-electron chi connectivity index (χ0n) is 9.09. The van der Waals surface area contributed by atoms with Gasteiger partial charge in [0.15, 0.2) is 0 Å². The van der Waals surface area contributed by atoms with Crippen LogP contribution in [0.2, 0.25) is 0 Å². The van der Waals surface area contributed by atoms with E-state index in [0.717, 1.165) is 12.2 Å². The van der Waals surface area contributed by atoms with Crippen molar-refractivity contribution in [3.63, 3.8) is 0 Å². The molecule has 1 aromatic rings. The molecule has 1 rings (SSSR count). The first kappa shape index (κ1) is 12.2. The number of rotatable bonds is 5. The minimum Gasteiger partial charge on any atom is -0.395 e. The van der Waals surface area contributed by atoms with Crippen molar-refractivity contribution in [3.8, 4) is 0 Å². The second-order valence-electron chi connectivity index (χ2n) is 3.41. The highest BCUT2D eigenvalue weighted by molar-refractivity contribution is 7.98. The van der Waals surface area contributed by atoms with Gasteiger partial charge in [-0.1, -0.05) is 13.0 Å². The van der Waals surface area contributed by atoms with Crippen molar-refractivity contribution in [3.05, 3.63) is 24.0 Å². The zero-order chi connectivity index (χ0) is 11.3. The molecule has 1 aromatic carbocycles. The van der Waals surface area contributed by atoms with Gasteiger partial charge in [0.05, 0.1) is 11.4 Å². The molecule has 15 heavy (non-hydrogen) atoms. The van der Waals surface area contributed by atoms with Gasteiger partial charge in [0.1, 0.15) is 5.82 Å². The van der Waals surface area contributed by atoms with Crippen molar-refractivity contribution in [2.45, 2.75) is 19.4 Å². The molecule has 0 aliphatic carbocycles. The van der Waals surface area contributed by atoms with Gasteiger partial charge < -0.3 is 11.1 Å². The molecule has 0 saturated carbocycles. The Kier molecular flexibility index (Phi) is 4.75. The minimum atomic E-state index is -0.362. The number of benzene rings is 1. The van der Waals surface area contributed by atoms with Crippen LogP contribution in [0.1, 0.15) is 13.3 Å². The van der Waals surface area contributed by atoms with E-state index in [1.807, 2.05) is 0 Å². The van der Waals surface area contributed by atoms with E-state index in [1.165, 1.54) is 6.07 Å². The van der Waals surface area contributed by atoms with Crippen molar-refractivity contribution >= 4 is 23.1 Å². The third-order valence-electron chi connectivity index (χ3n) is 2.27. The molecule has 84 valence electrons. The zero-order valence-corrected chi connectivity index (χ0v) is 9.90. The first-order valence-corrected chi connectivity index (χ1v) is 6.37. The molecule has 0 fully saturated rings. The summed E-state index contributed by atoms with van der Waals surface area (Å²) in [7, 11) is 0. The number of para-hydroxylation sites is 1. The number of thioether (sulfide) groups is 1. The van der Waals surface area contributed by atoms with Crippen LogP contribution < -0.4 is 11.1 Å². The second kappa shape index (κ2) is 5.85. The quantitative estimate of drug-likeness (QED) is 0.761. The van der Waals surface area contributed by atoms with Crippen molar-refractivity contribution < 1.29 is 4.39 Å². The highest BCUT2D eigenvalue weighted by Gasteiger charge is 2.09. The molecule has 0 aliphatic rings. The molecular formula is C11H17FN2S. The van der Waals surface area contributed by atoms with Crippen LogP contribution in [0.15, 0.2) is 18.2 Å². The van der Waals surface area contributed by atoms with Crippen molar-refractivity contribution in [2.75, 3.05) is 23.1 Å². The molecule has 4 heteroatoms. The molecule has 1 atom stereocenters. The molecule has 1 unspecified atom stereocenters. The van der Waals surface area contributed by atoms with Gasteiger partial charge in [-0.15, -0.1) is 0 Å². The molecule has 0 heterocycles. The van der Waals surface area contributed by atoms with Crippen molar-refractivity contribution in [2.24, 2.45) is 0 Å². The van der Waals surface area contributed by atoms with Crippen LogP contribution in [0.3, 0.4) is 0 Å². The fourth-order valence-corrected chi connectivity index (χ4v) is 2.07. The van der Waals surface area contributed by atoms with Gasteiger partial charge in [0.25, 0.3) is 0 Å². The molecule has 0 radical (unpaired) electrons. The first-order chi connectivity index (χ1) is 7.19. The summed E-state index contributed by atoms with van der Waals surface area (Å²) in [4.78, 5) is 0. The minimum absolute atomic E-state index is 0.206. The fraction of sp³-hybridized carbons (Fsp3) is 0.455. The number of hydrogen-bond donors (Lipinski definition) is 2. The van der Waals surface area contributed by atoms with E-state index in [-0.39, 0.29) is 11.5 Å². The summed E-state index contributed by atoms with van der Waals surface area (Å²) in [5.41, 5.74) is 6.53. The molecule has 0 saturated heterocycles. The molecule has 0 amide bonds. The third kappa shape index (κ3) is 3.30. The van der Waals surface area contributed by atoms with Crippen LogP contribution in [-0.4, -0.2) is 18.1 Å². The van der Waals surface area contributed by atoms with E-state index in [4.69, 9.17) is 5.73 Å². The number of nitrogens with one attached hydrogen (secondary N) is 1. The van der Waals surface area contributed by atoms with Gasteiger partial charge in [-0.3, -0.25) is 0 Å². The second-order valence-corrected chi connectivity index (χ2v) is 4.32. The van der Waals surface area contributed by atoms with E-state index in [1.54, 1.807) is 23.9 Å².